The third-order valence-corrected chi connectivity index (χ3v) is 3.59. The number of amides is 1. The predicted molar refractivity (Wildman–Crippen MR) is 86.8 cm³/mol. The lowest BCUT2D eigenvalue weighted by atomic mass is 10.2. The summed E-state index contributed by atoms with van der Waals surface area (Å²) in [4.78, 5) is 12.0. The molecule has 0 aliphatic rings. The lowest BCUT2D eigenvalue weighted by molar-refractivity contribution is 0.102. The summed E-state index contributed by atoms with van der Waals surface area (Å²) in [6, 6.07) is 14.0. The maximum Gasteiger partial charge on any atom is 0.322 e. The Morgan fingerprint density at radius 1 is 1.14 bits per heavy atom. The van der Waals surface area contributed by atoms with Crippen molar-refractivity contribution in [2.24, 2.45) is 0 Å². The van der Waals surface area contributed by atoms with E-state index in [-0.39, 0.29) is 17.8 Å². The zero-order valence-corrected chi connectivity index (χ0v) is 13.4. The van der Waals surface area contributed by atoms with Gasteiger partial charge in [0.1, 0.15) is 0 Å². The van der Waals surface area contributed by atoms with Crippen LogP contribution >= 0.6 is 27.5 Å². The lowest BCUT2D eigenvalue weighted by Crippen LogP contribution is -2.11. The van der Waals surface area contributed by atoms with E-state index in [2.05, 4.69) is 31.4 Å². The fourth-order valence-corrected chi connectivity index (χ4v) is 2.24. The number of benzene rings is 2. The fourth-order valence-electron chi connectivity index (χ4n) is 1.78. The first-order valence-electron chi connectivity index (χ1n) is 6.28. The van der Waals surface area contributed by atoms with Crippen LogP contribution in [0.1, 0.15) is 10.4 Å². The first kappa shape index (κ1) is 14.7. The molecule has 0 bridgehead atoms. The van der Waals surface area contributed by atoms with Crippen molar-refractivity contribution in [3.63, 3.8) is 0 Å². The summed E-state index contributed by atoms with van der Waals surface area (Å²) in [5.74, 6) is -0.0394. The van der Waals surface area contributed by atoms with Crippen molar-refractivity contribution in [1.29, 1.82) is 0 Å². The van der Waals surface area contributed by atoms with E-state index < -0.39 is 0 Å². The molecule has 110 valence electrons. The molecule has 0 saturated heterocycles. The molecule has 1 aromatic heterocycles. The molecule has 0 unspecified atom stereocenters. The van der Waals surface area contributed by atoms with Crippen molar-refractivity contribution in [2.75, 3.05) is 5.32 Å². The summed E-state index contributed by atoms with van der Waals surface area (Å²) in [5.41, 5.74) is 1.18. The molecule has 1 amide bonds. The Balaban J connectivity index is 1.77. The molecular weight excluding hydrogens is 370 g/mol. The van der Waals surface area contributed by atoms with Crippen LogP contribution in [0.5, 0.6) is 0 Å². The summed E-state index contributed by atoms with van der Waals surface area (Å²) in [7, 11) is 0. The quantitative estimate of drug-likeness (QED) is 0.733. The van der Waals surface area contributed by atoms with Crippen molar-refractivity contribution in [2.45, 2.75) is 0 Å². The van der Waals surface area contributed by atoms with Gasteiger partial charge in [0.2, 0.25) is 5.89 Å². The highest BCUT2D eigenvalue weighted by molar-refractivity contribution is 9.10. The van der Waals surface area contributed by atoms with Gasteiger partial charge in [-0.25, -0.2) is 0 Å². The summed E-state index contributed by atoms with van der Waals surface area (Å²) in [6.45, 7) is 0. The van der Waals surface area contributed by atoms with Crippen LogP contribution in [0.3, 0.4) is 0 Å². The van der Waals surface area contributed by atoms with Gasteiger partial charge in [-0.3, -0.25) is 10.1 Å². The van der Waals surface area contributed by atoms with Crippen LogP contribution in [0.2, 0.25) is 5.02 Å². The third kappa shape index (κ3) is 3.35. The molecule has 5 nitrogen and oxygen atoms in total. The fraction of sp³-hybridized carbons (Fsp3) is 0. The highest BCUT2D eigenvalue weighted by Gasteiger charge is 2.12. The summed E-state index contributed by atoms with van der Waals surface area (Å²) >= 11 is 9.23. The normalized spacial score (nSPS) is 10.5. The Bertz CT molecular complexity index is 818. The zero-order chi connectivity index (χ0) is 15.5. The van der Waals surface area contributed by atoms with Gasteiger partial charge in [-0.05, 0) is 42.5 Å². The summed E-state index contributed by atoms with van der Waals surface area (Å²) in [5, 5.41) is 10.8. The average molecular weight is 379 g/mol. The van der Waals surface area contributed by atoms with E-state index in [1.165, 1.54) is 0 Å². The second-order valence-corrected chi connectivity index (χ2v) is 5.74. The number of hydrogen-bond acceptors (Lipinski definition) is 4. The SMILES string of the molecule is O=C(Nc1nnc(-c2cccc(Cl)c2)o1)c1ccc(Br)cc1. The minimum absolute atomic E-state index is 0.0305. The van der Waals surface area contributed by atoms with Crippen molar-refractivity contribution < 1.29 is 9.21 Å². The minimum Gasteiger partial charge on any atom is -0.403 e. The molecule has 7 heteroatoms. The van der Waals surface area contributed by atoms with Crippen LogP contribution in [0.15, 0.2) is 57.4 Å². The molecule has 0 aliphatic heterocycles. The van der Waals surface area contributed by atoms with E-state index in [1.807, 2.05) is 0 Å². The van der Waals surface area contributed by atoms with Crippen LogP contribution in [-0.2, 0) is 0 Å². The predicted octanol–water partition coefficient (Wildman–Crippen LogP) is 4.40. The van der Waals surface area contributed by atoms with Crippen molar-refractivity contribution in [3.8, 4) is 11.5 Å². The van der Waals surface area contributed by atoms with E-state index in [0.717, 1.165) is 4.47 Å². The molecule has 1 N–H and O–H groups in total. The Labute approximate surface area is 139 Å². The van der Waals surface area contributed by atoms with Gasteiger partial charge >= 0.3 is 6.01 Å². The number of carbonyl (C=O) groups excluding carboxylic acids is 1. The zero-order valence-electron chi connectivity index (χ0n) is 11.1. The van der Waals surface area contributed by atoms with Gasteiger partial charge in [0, 0.05) is 20.6 Å². The smallest absolute Gasteiger partial charge is 0.322 e. The first-order chi connectivity index (χ1) is 10.6. The second kappa shape index (κ2) is 6.29. The monoisotopic (exact) mass is 377 g/mol. The molecule has 2 aromatic carbocycles. The van der Waals surface area contributed by atoms with Gasteiger partial charge in [-0.15, -0.1) is 5.10 Å². The van der Waals surface area contributed by atoms with E-state index >= 15 is 0 Å². The maximum absolute atomic E-state index is 12.0. The molecule has 0 fully saturated rings. The van der Waals surface area contributed by atoms with Crippen LogP contribution in [0, 0.1) is 0 Å². The highest BCUT2D eigenvalue weighted by atomic mass is 79.9. The molecule has 3 rings (SSSR count). The van der Waals surface area contributed by atoms with Gasteiger partial charge in [-0.1, -0.05) is 38.7 Å². The summed E-state index contributed by atoms with van der Waals surface area (Å²) < 4.78 is 6.31. The van der Waals surface area contributed by atoms with Crippen molar-refractivity contribution >= 4 is 39.5 Å². The standard InChI is InChI=1S/C15H9BrClN3O2/c16-11-6-4-9(5-7-11)13(21)18-15-20-19-14(22-15)10-2-1-3-12(17)8-10/h1-8H,(H,18,20,21). The molecule has 0 radical (unpaired) electrons. The molecular formula is C15H9BrClN3O2. The van der Waals surface area contributed by atoms with Crippen LogP contribution in [0.25, 0.3) is 11.5 Å². The van der Waals surface area contributed by atoms with Gasteiger partial charge in [0.25, 0.3) is 5.91 Å². The largest absolute Gasteiger partial charge is 0.403 e. The van der Waals surface area contributed by atoms with E-state index in [0.29, 0.717) is 16.1 Å². The van der Waals surface area contributed by atoms with Crippen LogP contribution < -0.4 is 5.32 Å². The highest BCUT2D eigenvalue weighted by Crippen LogP contribution is 2.23. The molecule has 0 spiro atoms. The number of hydrogen-bond donors (Lipinski definition) is 1. The molecule has 0 saturated carbocycles. The van der Waals surface area contributed by atoms with Gasteiger partial charge < -0.3 is 4.42 Å². The Morgan fingerprint density at radius 3 is 2.64 bits per heavy atom. The van der Waals surface area contributed by atoms with Gasteiger partial charge in [0.15, 0.2) is 0 Å². The number of nitrogens with one attached hydrogen (secondary N) is 1. The maximum atomic E-state index is 12.0. The van der Waals surface area contributed by atoms with Crippen LogP contribution in [-0.4, -0.2) is 16.1 Å². The number of nitrogens with zero attached hydrogens (tertiary/aromatic N) is 2. The Kier molecular flexibility index (Phi) is 4.22. The minimum atomic E-state index is -0.325. The van der Waals surface area contributed by atoms with Gasteiger partial charge in [-0.2, -0.15) is 0 Å². The van der Waals surface area contributed by atoms with E-state index in [4.69, 9.17) is 16.0 Å². The summed E-state index contributed by atoms with van der Waals surface area (Å²) in [6.07, 6.45) is 0. The lowest BCUT2D eigenvalue weighted by Gasteiger charge is -2.00. The van der Waals surface area contributed by atoms with E-state index in [9.17, 15) is 4.79 Å². The van der Waals surface area contributed by atoms with E-state index in [1.54, 1.807) is 48.5 Å². The number of anilines is 1. The average Bonchev–Trinajstić information content (AvgIpc) is 2.96. The van der Waals surface area contributed by atoms with Gasteiger partial charge in [0.05, 0.1) is 0 Å². The van der Waals surface area contributed by atoms with Crippen molar-refractivity contribution in [3.05, 3.63) is 63.6 Å². The van der Waals surface area contributed by atoms with Crippen molar-refractivity contribution in [1.82, 2.24) is 10.2 Å². The number of carbonyl (C=O) groups is 1. The Hall–Kier alpha value is -2.18. The number of halogens is 2. The molecule has 3 aromatic rings. The molecule has 22 heavy (non-hydrogen) atoms. The van der Waals surface area contributed by atoms with Crippen LogP contribution in [0.4, 0.5) is 6.01 Å². The molecule has 1 heterocycles. The second-order valence-electron chi connectivity index (χ2n) is 4.38. The number of aromatic nitrogens is 2. The molecule has 0 atom stereocenters. The first-order valence-corrected chi connectivity index (χ1v) is 7.45. The molecule has 0 aliphatic carbocycles. The Morgan fingerprint density at radius 2 is 1.91 bits per heavy atom. The topological polar surface area (TPSA) is 68.0 Å². The third-order valence-electron chi connectivity index (χ3n) is 2.82. The number of rotatable bonds is 3.